The average Bonchev–Trinajstić information content (AvgIpc) is 3.17. The number of hydrogen-bond acceptors (Lipinski definition) is 6. The quantitative estimate of drug-likeness (QED) is 0.444. The van der Waals surface area contributed by atoms with Gasteiger partial charge in [-0.05, 0) is 83.6 Å². The lowest BCUT2D eigenvalue weighted by Gasteiger charge is -2.60. The molecule has 6 nitrogen and oxygen atoms in total. The minimum absolute atomic E-state index is 0.0846. The lowest BCUT2D eigenvalue weighted by Crippen LogP contribution is -2.62. The molecule has 5 rings (SSSR count). The summed E-state index contributed by atoms with van der Waals surface area (Å²) in [4.78, 5) is 38.2. The van der Waals surface area contributed by atoms with Gasteiger partial charge in [-0.25, -0.2) is 4.79 Å². The highest BCUT2D eigenvalue weighted by atomic mass is 16.6. The van der Waals surface area contributed by atoms with Gasteiger partial charge in [0.15, 0.2) is 5.78 Å². The molecule has 2 saturated carbocycles. The summed E-state index contributed by atoms with van der Waals surface area (Å²) in [7, 11) is 0. The first-order valence-electron chi connectivity index (χ1n) is 13.5. The second-order valence-electron chi connectivity index (χ2n) is 12.6. The molecule has 6 heteroatoms. The van der Waals surface area contributed by atoms with Gasteiger partial charge in [0.2, 0.25) is 0 Å². The number of ketones is 1. The summed E-state index contributed by atoms with van der Waals surface area (Å²) in [6.45, 7) is 11.2. The molecule has 0 aromatic rings. The van der Waals surface area contributed by atoms with Crippen LogP contribution in [0.5, 0.6) is 0 Å². The highest BCUT2D eigenvalue weighted by Gasteiger charge is 2.67. The zero-order chi connectivity index (χ0) is 26.2. The Balaban J connectivity index is 1.54. The van der Waals surface area contributed by atoms with E-state index in [2.05, 4.69) is 19.9 Å². The Kier molecular flexibility index (Phi) is 5.94. The van der Waals surface area contributed by atoms with E-state index in [1.807, 2.05) is 13.0 Å². The molecule has 1 N–H and O–H groups in total. The van der Waals surface area contributed by atoms with E-state index >= 15 is 0 Å². The van der Waals surface area contributed by atoms with Crippen LogP contribution in [0.2, 0.25) is 0 Å². The number of fused-ring (bicyclic) bond motifs is 5. The number of rotatable bonds is 3. The molecule has 0 aromatic carbocycles. The molecular weight excluding hydrogens is 456 g/mol. The predicted octanol–water partition coefficient (Wildman–Crippen LogP) is 4.86. The van der Waals surface area contributed by atoms with Crippen molar-refractivity contribution in [1.29, 1.82) is 0 Å². The molecule has 196 valence electrons. The van der Waals surface area contributed by atoms with Crippen molar-refractivity contribution in [3.8, 4) is 0 Å². The number of carbonyl (C=O) groups is 3. The summed E-state index contributed by atoms with van der Waals surface area (Å²) in [5.74, 6) is -0.244. The Labute approximate surface area is 214 Å². The zero-order valence-corrected chi connectivity index (χ0v) is 22.4. The third kappa shape index (κ3) is 3.43. The van der Waals surface area contributed by atoms with Gasteiger partial charge < -0.3 is 14.6 Å². The van der Waals surface area contributed by atoms with Gasteiger partial charge in [0, 0.05) is 30.3 Å². The maximum atomic E-state index is 13.3. The molecule has 2 fully saturated rings. The second-order valence-corrected chi connectivity index (χ2v) is 12.6. The van der Waals surface area contributed by atoms with E-state index < -0.39 is 28.6 Å². The van der Waals surface area contributed by atoms with Gasteiger partial charge in [0.25, 0.3) is 0 Å². The first kappa shape index (κ1) is 25.4. The number of cyclic esters (lactones) is 1. The molecule has 0 unspecified atom stereocenters. The Morgan fingerprint density at radius 2 is 1.92 bits per heavy atom. The van der Waals surface area contributed by atoms with Crippen LogP contribution in [0.3, 0.4) is 0 Å². The highest BCUT2D eigenvalue weighted by Crippen LogP contribution is 2.67. The lowest BCUT2D eigenvalue weighted by atomic mass is 9.46. The Morgan fingerprint density at radius 1 is 1.19 bits per heavy atom. The van der Waals surface area contributed by atoms with Crippen LogP contribution in [0.4, 0.5) is 0 Å². The van der Waals surface area contributed by atoms with Crippen LogP contribution in [0.25, 0.3) is 0 Å². The zero-order valence-electron chi connectivity index (χ0n) is 22.4. The van der Waals surface area contributed by atoms with Crippen molar-refractivity contribution >= 4 is 17.7 Å². The molecule has 36 heavy (non-hydrogen) atoms. The molecule has 1 heterocycles. The van der Waals surface area contributed by atoms with Crippen LogP contribution in [0, 0.1) is 34.5 Å². The van der Waals surface area contributed by atoms with Gasteiger partial charge >= 0.3 is 11.9 Å². The molecule has 5 aliphatic rings. The number of ether oxygens (including phenoxy) is 2. The SMILES string of the molecule is CC(=O)O[C@@H]1C[C@H]2[C@@H](CC=C3CC=CC(=O)[C@@]32C)[C@@H]2CC[C@H]([C@@](C)(O)[C@H]3CC(C)=C(C)C(=O)O3)[C@@]12C. The van der Waals surface area contributed by atoms with E-state index in [0.717, 1.165) is 31.3 Å². The van der Waals surface area contributed by atoms with E-state index in [0.29, 0.717) is 18.4 Å². The molecule has 0 radical (unpaired) electrons. The summed E-state index contributed by atoms with van der Waals surface area (Å²) in [6, 6.07) is 0. The van der Waals surface area contributed by atoms with Gasteiger partial charge in [-0.1, -0.05) is 30.2 Å². The summed E-state index contributed by atoms with van der Waals surface area (Å²) in [5.41, 5.74) is 0.390. The summed E-state index contributed by atoms with van der Waals surface area (Å²) in [6.07, 6.45) is 9.32. The molecular formula is C30H40O6. The van der Waals surface area contributed by atoms with E-state index in [4.69, 9.17) is 9.47 Å². The van der Waals surface area contributed by atoms with Crippen LogP contribution in [-0.4, -0.2) is 40.6 Å². The molecule has 0 bridgehead atoms. The fraction of sp³-hybridized carbons (Fsp3) is 0.700. The fourth-order valence-electron chi connectivity index (χ4n) is 8.84. The third-order valence-electron chi connectivity index (χ3n) is 11.0. The molecule has 0 spiro atoms. The van der Waals surface area contributed by atoms with E-state index in [9.17, 15) is 19.5 Å². The molecule has 0 amide bonds. The van der Waals surface area contributed by atoms with Gasteiger partial charge in [0.05, 0.1) is 5.41 Å². The van der Waals surface area contributed by atoms with Crippen molar-refractivity contribution < 1.29 is 29.0 Å². The largest absolute Gasteiger partial charge is 0.462 e. The average molecular weight is 497 g/mol. The van der Waals surface area contributed by atoms with Crippen LogP contribution >= 0.6 is 0 Å². The van der Waals surface area contributed by atoms with Crippen LogP contribution < -0.4 is 0 Å². The molecule has 1 aliphatic heterocycles. The standard InChI is InChI=1S/C30H40O6/c1-16-14-26(36-27(33)17(16)2)30(6,34)23-13-12-21-20-11-10-19-8-7-9-24(32)28(19,4)22(20)15-25(29(21,23)5)35-18(3)31/h7,9-10,20-23,25-26,34H,8,11-15H2,1-6H3/t20-,21-,22-,23-,25+,26+,28-,29-,30+/m0/s1. The van der Waals surface area contributed by atoms with Gasteiger partial charge in [-0.3, -0.25) is 9.59 Å². The Morgan fingerprint density at radius 3 is 2.58 bits per heavy atom. The summed E-state index contributed by atoms with van der Waals surface area (Å²) >= 11 is 0. The van der Waals surface area contributed by atoms with Crippen molar-refractivity contribution in [2.24, 2.45) is 34.5 Å². The number of carbonyl (C=O) groups excluding carboxylic acids is 3. The minimum atomic E-state index is -1.28. The van der Waals surface area contributed by atoms with Crippen LogP contribution in [0.1, 0.15) is 80.1 Å². The monoisotopic (exact) mass is 496 g/mol. The number of aliphatic hydroxyl groups is 1. The topological polar surface area (TPSA) is 89.9 Å². The van der Waals surface area contributed by atoms with E-state index in [-0.39, 0.29) is 41.4 Å². The van der Waals surface area contributed by atoms with Crippen molar-refractivity contribution in [3.05, 3.63) is 34.9 Å². The summed E-state index contributed by atoms with van der Waals surface area (Å²) in [5, 5.41) is 12.1. The molecule has 4 aliphatic carbocycles. The van der Waals surface area contributed by atoms with E-state index in [1.165, 1.54) is 12.5 Å². The van der Waals surface area contributed by atoms with Gasteiger partial charge in [-0.2, -0.15) is 0 Å². The molecule has 0 saturated heterocycles. The maximum absolute atomic E-state index is 13.3. The lowest BCUT2D eigenvalue weighted by molar-refractivity contribution is -0.208. The fourth-order valence-corrected chi connectivity index (χ4v) is 8.84. The summed E-state index contributed by atoms with van der Waals surface area (Å²) < 4.78 is 11.9. The van der Waals surface area contributed by atoms with Crippen molar-refractivity contribution in [2.45, 2.75) is 97.9 Å². The van der Waals surface area contributed by atoms with Crippen molar-refractivity contribution in [2.75, 3.05) is 0 Å². The van der Waals surface area contributed by atoms with Crippen molar-refractivity contribution in [1.82, 2.24) is 0 Å². The molecule has 0 aromatic heterocycles. The van der Waals surface area contributed by atoms with Gasteiger partial charge in [-0.15, -0.1) is 0 Å². The first-order chi connectivity index (χ1) is 16.8. The maximum Gasteiger partial charge on any atom is 0.334 e. The molecule has 9 atom stereocenters. The number of allylic oxidation sites excluding steroid dienone is 4. The smallest absolute Gasteiger partial charge is 0.334 e. The first-order valence-corrected chi connectivity index (χ1v) is 13.5. The number of esters is 2. The number of hydrogen-bond donors (Lipinski definition) is 1. The third-order valence-corrected chi connectivity index (χ3v) is 11.0. The second kappa shape index (κ2) is 8.41. The van der Waals surface area contributed by atoms with E-state index in [1.54, 1.807) is 19.9 Å². The van der Waals surface area contributed by atoms with Crippen LogP contribution in [0.15, 0.2) is 34.9 Å². The van der Waals surface area contributed by atoms with Crippen molar-refractivity contribution in [3.63, 3.8) is 0 Å². The Hall–Kier alpha value is -2.21. The van der Waals surface area contributed by atoms with Gasteiger partial charge in [0.1, 0.15) is 17.8 Å². The minimum Gasteiger partial charge on any atom is -0.462 e. The van der Waals surface area contributed by atoms with Crippen LogP contribution in [-0.2, 0) is 23.9 Å². The predicted molar refractivity (Wildman–Crippen MR) is 135 cm³/mol. The Bertz CT molecular complexity index is 1090. The normalized spacial score (nSPS) is 43.6. The highest BCUT2D eigenvalue weighted by molar-refractivity contribution is 5.98.